The van der Waals surface area contributed by atoms with E-state index in [4.69, 9.17) is 0 Å². The van der Waals surface area contributed by atoms with Crippen LogP contribution in [0.1, 0.15) is 38.2 Å². The van der Waals surface area contributed by atoms with Gasteiger partial charge in [-0.15, -0.1) is 0 Å². The Hall–Kier alpha value is -1.07. The second-order valence-corrected chi connectivity index (χ2v) is 6.53. The summed E-state index contributed by atoms with van der Waals surface area (Å²) in [5, 5.41) is 13.7. The minimum Gasteiger partial charge on any atom is -0.384 e. The molecule has 1 fully saturated rings. The van der Waals surface area contributed by atoms with Crippen molar-refractivity contribution in [2.75, 3.05) is 13.1 Å². The maximum absolute atomic E-state index is 12.6. The summed E-state index contributed by atoms with van der Waals surface area (Å²) in [4.78, 5) is 0. The SMILES string of the molecule is CC(O)(CNCC1CCC(C(F)(F)F)CC1)c1ccccc1. The summed E-state index contributed by atoms with van der Waals surface area (Å²) >= 11 is 0. The number of aliphatic hydroxyl groups is 1. The zero-order valence-corrected chi connectivity index (χ0v) is 12.9. The van der Waals surface area contributed by atoms with Gasteiger partial charge in [-0.25, -0.2) is 0 Å². The minimum atomic E-state index is -4.05. The lowest BCUT2D eigenvalue weighted by atomic mass is 9.81. The third kappa shape index (κ3) is 4.71. The molecule has 2 N–H and O–H groups in total. The van der Waals surface area contributed by atoms with E-state index in [1.165, 1.54) is 0 Å². The first kappa shape index (κ1) is 17.3. The third-order valence-corrected chi connectivity index (χ3v) is 4.61. The van der Waals surface area contributed by atoms with E-state index in [1.54, 1.807) is 6.92 Å². The first-order valence-electron chi connectivity index (χ1n) is 7.84. The lowest BCUT2D eigenvalue weighted by Crippen LogP contribution is -2.39. The fraction of sp³-hybridized carbons (Fsp3) is 0.647. The minimum absolute atomic E-state index is 0.227. The van der Waals surface area contributed by atoms with Crippen LogP contribution >= 0.6 is 0 Å². The molecular formula is C17H24F3NO. The summed E-state index contributed by atoms with van der Waals surface area (Å²) in [7, 11) is 0. The lowest BCUT2D eigenvalue weighted by molar-refractivity contribution is -0.183. The Morgan fingerprint density at radius 1 is 1.09 bits per heavy atom. The van der Waals surface area contributed by atoms with E-state index in [0.717, 1.165) is 5.56 Å². The Bertz CT molecular complexity index is 451. The van der Waals surface area contributed by atoms with Gasteiger partial charge in [0.2, 0.25) is 0 Å². The molecule has 0 spiro atoms. The van der Waals surface area contributed by atoms with Gasteiger partial charge >= 0.3 is 6.18 Å². The van der Waals surface area contributed by atoms with Crippen molar-refractivity contribution in [3.63, 3.8) is 0 Å². The number of alkyl halides is 3. The monoisotopic (exact) mass is 315 g/mol. The fourth-order valence-electron chi connectivity index (χ4n) is 3.11. The van der Waals surface area contributed by atoms with Crippen LogP contribution in [0.4, 0.5) is 13.2 Å². The highest BCUT2D eigenvalue weighted by molar-refractivity contribution is 5.21. The predicted octanol–water partition coefficient (Wildman–Crippen LogP) is 3.85. The zero-order valence-electron chi connectivity index (χ0n) is 12.9. The van der Waals surface area contributed by atoms with Crippen LogP contribution in [0.25, 0.3) is 0 Å². The van der Waals surface area contributed by atoms with Gasteiger partial charge in [0.15, 0.2) is 0 Å². The van der Waals surface area contributed by atoms with E-state index >= 15 is 0 Å². The average molecular weight is 315 g/mol. The van der Waals surface area contributed by atoms with Gasteiger partial charge < -0.3 is 10.4 Å². The van der Waals surface area contributed by atoms with Crippen molar-refractivity contribution in [3.8, 4) is 0 Å². The molecule has 2 rings (SSSR count). The molecule has 0 radical (unpaired) electrons. The average Bonchev–Trinajstić information content (AvgIpc) is 2.48. The van der Waals surface area contributed by atoms with Gasteiger partial charge in [-0.1, -0.05) is 30.3 Å². The highest BCUT2D eigenvalue weighted by Crippen LogP contribution is 2.39. The molecule has 0 heterocycles. The highest BCUT2D eigenvalue weighted by Gasteiger charge is 2.41. The molecule has 0 aliphatic heterocycles. The van der Waals surface area contributed by atoms with Crippen molar-refractivity contribution in [1.29, 1.82) is 0 Å². The smallest absolute Gasteiger partial charge is 0.384 e. The molecule has 22 heavy (non-hydrogen) atoms. The predicted molar refractivity (Wildman–Crippen MR) is 80.4 cm³/mol. The summed E-state index contributed by atoms with van der Waals surface area (Å²) in [6.45, 7) is 2.81. The van der Waals surface area contributed by atoms with Gasteiger partial charge in [0, 0.05) is 6.54 Å². The normalized spacial score (nSPS) is 25.7. The Labute approximate surface area is 129 Å². The van der Waals surface area contributed by atoms with Crippen LogP contribution in [0.2, 0.25) is 0 Å². The standard InChI is InChI=1S/C17H24F3NO/c1-16(22,14-5-3-2-4-6-14)12-21-11-13-7-9-15(10-8-13)17(18,19)20/h2-6,13,15,21-22H,7-12H2,1H3. The summed E-state index contributed by atoms with van der Waals surface area (Å²) in [6.07, 6.45) is -2.39. The van der Waals surface area contributed by atoms with Gasteiger partial charge in [-0.2, -0.15) is 13.2 Å². The maximum atomic E-state index is 12.6. The Morgan fingerprint density at radius 2 is 1.68 bits per heavy atom. The molecule has 2 nitrogen and oxygen atoms in total. The molecule has 1 aliphatic carbocycles. The van der Waals surface area contributed by atoms with Crippen LogP contribution < -0.4 is 5.32 Å². The molecule has 1 saturated carbocycles. The summed E-state index contributed by atoms with van der Waals surface area (Å²) in [6, 6.07) is 9.39. The van der Waals surface area contributed by atoms with Crippen molar-refractivity contribution >= 4 is 0 Å². The number of rotatable bonds is 5. The summed E-state index contributed by atoms with van der Waals surface area (Å²) in [5.41, 5.74) is -0.131. The lowest BCUT2D eigenvalue weighted by Gasteiger charge is -2.31. The molecule has 1 atom stereocenters. The van der Waals surface area contributed by atoms with E-state index in [0.29, 0.717) is 25.9 Å². The van der Waals surface area contributed by atoms with E-state index in [9.17, 15) is 18.3 Å². The van der Waals surface area contributed by atoms with Gasteiger partial charge in [0.25, 0.3) is 0 Å². The number of halogens is 3. The van der Waals surface area contributed by atoms with E-state index in [1.807, 2.05) is 30.3 Å². The molecule has 1 aliphatic rings. The van der Waals surface area contributed by atoms with Crippen LogP contribution in [0.3, 0.4) is 0 Å². The molecule has 0 aromatic heterocycles. The second-order valence-electron chi connectivity index (χ2n) is 6.53. The third-order valence-electron chi connectivity index (χ3n) is 4.61. The van der Waals surface area contributed by atoms with Crippen LogP contribution in [0.15, 0.2) is 30.3 Å². The second kappa shape index (κ2) is 7.01. The number of benzene rings is 1. The van der Waals surface area contributed by atoms with Crippen LogP contribution in [-0.4, -0.2) is 24.4 Å². The van der Waals surface area contributed by atoms with Gasteiger partial charge in [-0.05, 0) is 50.6 Å². The Kier molecular flexibility index (Phi) is 5.50. The van der Waals surface area contributed by atoms with Gasteiger partial charge in [-0.3, -0.25) is 0 Å². The molecule has 0 amide bonds. The number of hydrogen-bond donors (Lipinski definition) is 2. The molecular weight excluding hydrogens is 291 g/mol. The van der Waals surface area contributed by atoms with Gasteiger partial charge in [0.1, 0.15) is 0 Å². The first-order chi connectivity index (χ1) is 10.3. The van der Waals surface area contributed by atoms with Crippen molar-refractivity contribution < 1.29 is 18.3 Å². The van der Waals surface area contributed by atoms with E-state index < -0.39 is 17.7 Å². The van der Waals surface area contributed by atoms with Crippen molar-refractivity contribution in [2.24, 2.45) is 11.8 Å². The maximum Gasteiger partial charge on any atom is 0.391 e. The largest absolute Gasteiger partial charge is 0.391 e. The van der Waals surface area contributed by atoms with E-state index in [2.05, 4.69) is 5.32 Å². The molecule has 1 aromatic carbocycles. The quantitative estimate of drug-likeness (QED) is 0.865. The van der Waals surface area contributed by atoms with Gasteiger partial charge in [0.05, 0.1) is 11.5 Å². The highest BCUT2D eigenvalue weighted by atomic mass is 19.4. The Morgan fingerprint density at radius 3 is 2.23 bits per heavy atom. The molecule has 0 saturated heterocycles. The number of hydrogen-bond acceptors (Lipinski definition) is 2. The van der Waals surface area contributed by atoms with Crippen LogP contribution in [0, 0.1) is 11.8 Å². The number of nitrogens with one attached hydrogen (secondary N) is 1. The van der Waals surface area contributed by atoms with Crippen LogP contribution in [-0.2, 0) is 5.60 Å². The summed E-state index contributed by atoms with van der Waals surface area (Å²) in [5.74, 6) is -0.860. The molecule has 1 aromatic rings. The van der Waals surface area contributed by atoms with E-state index in [-0.39, 0.29) is 18.8 Å². The molecule has 5 heteroatoms. The molecule has 0 bridgehead atoms. The first-order valence-corrected chi connectivity index (χ1v) is 7.84. The zero-order chi connectivity index (χ0) is 16.2. The topological polar surface area (TPSA) is 32.3 Å². The van der Waals surface area contributed by atoms with Crippen molar-refractivity contribution in [1.82, 2.24) is 5.32 Å². The van der Waals surface area contributed by atoms with Crippen LogP contribution in [0.5, 0.6) is 0 Å². The molecule has 124 valence electrons. The van der Waals surface area contributed by atoms with Crippen molar-refractivity contribution in [2.45, 2.75) is 44.4 Å². The van der Waals surface area contributed by atoms with Crippen molar-refractivity contribution in [3.05, 3.63) is 35.9 Å². The Balaban J connectivity index is 1.74. The molecule has 1 unspecified atom stereocenters. The fourth-order valence-corrected chi connectivity index (χ4v) is 3.11. The summed E-state index contributed by atoms with van der Waals surface area (Å²) < 4.78 is 37.8.